The fraction of sp³-hybridized carbons (Fsp3) is 0.692. The molecule has 8 heteroatoms. The predicted molar refractivity (Wildman–Crippen MR) is 79.4 cm³/mol. The van der Waals surface area contributed by atoms with Gasteiger partial charge < -0.3 is 20.7 Å². The molecule has 0 aliphatic heterocycles. The van der Waals surface area contributed by atoms with Crippen molar-refractivity contribution >= 4 is 17.8 Å². The smallest absolute Gasteiger partial charge is 0.323 e. The lowest BCUT2D eigenvalue weighted by molar-refractivity contribution is -0.122. The number of amides is 1. The van der Waals surface area contributed by atoms with Gasteiger partial charge in [0.1, 0.15) is 0 Å². The first-order valence-electron chi connectivity index (χ1n) is 7.20. The van der Waals surface area contributed by atoms with E-state index in [0.717, 1.165) is 12.8 Å². The second-order valence-corrected chi connectivity index (χ2v) is 5.17. The van der Waals surface area contributed by atoms with Gasteiger partial charge in [0.2, 0.25) is 17.8 Å². The molecule has 0 aromatic carbocycles. The molecule has 1 saturated carbocycles. The van der Waals surface area contributed by atoms with E-state index >= 15 is 0 Å². The van der Waals surface area contributed by atoms with Gasteiger partial charge in [-0.05, 0) is 26.7 Å². The summed E-state index contributed by atoms with van der Waals surface area (Å²) in [7, 11) is 1.73. The Morgan fingerprint density at radius 1 is 1.24 bits per heavy atom. The Bertz CT molecular complexity index is 490. The minimum absolute atomic E-state index is 0.0113. The normalized spacial score (nSPS) is 13.9. The van der Waals surface area contributed by atoms with E-state index in [2.05, 4.69) is 30.9 Å². The number of anilines is 2. The molecule has 0 atom stereocenters. The summed E-state index contributed by atoms with van der Waals surface area (Å²) in [6.45, 7) is 4.90. The van der Waals surface area contributed by atoms with Crippen LogP contribution in [-0.4, -0.2) is 47.1 Å². The SMILES string of the molecule is CNc1nc(NCCNC(=O)C2CC2)nc(OC(C)C)n1. The molecule has 0 unspecified atom stereocenters. The molecule has 1 fully saturated rings. The summed E-state index contributed by atoms with van der Waals surface area (Å²) in [6, 6.07) is 0.272. The molecule has 1 aliphatic rings. The van der Waals surface area contributed by atoms with E-state index < -0.39 is 0 Å². The van der Waals surface area contributed by atoms with Crippen LogP contribution in [0.3, 0.4) is 0 Å². The zero-order chi connectivity index (χ0) is 15.2. The molecule has 1 aromatic heterocycles. The quantitative estimate of drug-likeness (QED) is 0.605. The zero-order valence-electron chi connectivity index (χ0n) is 12.6. The van der Waals surface area contributed by atoms with Crippen molar-refractivity contribution in [3.05, 3.63) is 0 Å². The first-order chi connectivity index (χ1) is 10.1. The van der Waals surface area contributed by atoms with Gasteiger partial charge in [-0.2, -0.15) is 15.0 Å². The van der Waals surface area contributed by atoms with E-state index in [-0.39, 0.29) is 23.9 Å². The first kappa shape index (κ1) is 15.3. The maximum Gasteiger partial charge on any atom is 0.323 e. The molecule has 8 nitrogen and oxygen atoms in total. The van der Waals surface area contributed by atoms with Crippen LogP contribution in [0, 0.1) is 5.92 Å². The fourth-order valence-corrected chi connectivity index (χ4v) is 1.66. The maximum absolute atomic E-state index is 11.5. The Morgan fingerprint density at radius 3 is 2.57 bits per heavy atom. The number of carbonyl (C=O) groups is 1. The van der Waals surface area contributed by atoms with Gasteiger partial charge in [0.25, 0.3) is 0 Å². The van der Waals surface area contributed by atoms with Crippen molar-refractivity contribution in [1.82, 2.24) is 20.3 Å². The van der Waals surface area contributed by atoms with Crippen molar-refractivity contribution in [3.63, 3.8) is 0 Å². The molecule has 1 heterocycles. The highest BCUT2D eigenvalue weighted by Gasteiger charge is 2.28. The van der Waals surface area contributed by atoms with Gasteiger partial charge in [0, 0.05) is 26.1 Å². The molecule has 1 aliphatic carbocycles. The third-order valence-electron chi connectivity index (χ3n) is 2.84. The van der Waals surface area contributed by atoms with Gasteiger partial charge >= 0.3 is 6.01 Å². The molecule has 3 N–H and O–H groups in total. The summed E-state index contributed by atoms with van der Waals surface area (Å²) in [5, 5.41) is 8.78. The minimum Gasteiger partial charge on any atom is -0.461 e. The van der Waals surface area contributed by atoms with Crippen molar-refractivity contribution in [1.29, 1.82) is 0 Å². The lowest BCUT2D eigenvalue weighted by Gasteiger charge is -2.11. The van der Waals surface area contributed by atoms with Crippen LogP contribution in [0.5, 0.6) is 6.01 Å². The molecule has 0 bridgehead atoms. The van der Waals surface area contributed by atoms with Crippen LogP contribution in [0.4, 0.5) is 11.9 Å². The maximum atomic E-state index is 11.5. The predicted octanol–water partition coefficient (Wildman–Crippen LogP) is 0.639. The van der Waals surface area contributed by atoms with Gasteiger partial charge in [0.05, 0.1) is 6.10 Å². The Hall–Kier alpha value is -2.12. The van der Waals surface area contributed by atoms with Crippen LogP contribution in [0.2, 0.25) is 0 Å². The average Bonchev–Trinajstić information content (AvgIpc) is 3.27. The number of carbonyl (C=O) groups excluding carboxylic acids is 1. The van der Waals surface area contributed by atoms with Crippen LogP contribution in [0.25, 0.3) is 0 Å². The standard InChI is InChI=1S/C13H22N6O2/c1-8(2)21-13-18-11(14-3)17-12(19-13)16-7-6-15-10(20)9-4-5-9/h8-9H,4-7H2,1-3H3,(H,15,20)(H2,14,16,17,18,19). The molecular formula is C13H22N6O2. The molecular weight excluding hydrogens is 272 g/mol. The number of aromatic nitrogens is 3. The van der Waals surface area contributed by atoms with Gasteiger partial charge in [-0.25, -0.2) is 0 Å². The van der Waals surface area contributed by atoms with E-state index in [1.54, 1.807) is 7.05 Å². The Morgan fingerprint density at radius 2 is 1.95 bits per heavy atom. The van der Waals surface area contributed by atoms with E-state index in [4.69, 9.17) is 4.74 Å². The highest BCUT2D eigenvalue weighted by Crippen LogP contribution is 2.28. The molecule has 0 radical (unpaired) electrons. The molecule has 0 saturated heterocycles. The number of rotatable bonds is 8. The number of hydrogen-bond donors (Lipinski definition) is 3. The summed E-state index contributed by atoms with van der Waals surface area (Å²) in [4.78, 5) is 24.0. The van der Waals surface area contributed by atoms with Crippen LogP contribution >= 0.6 is 0 Å². The summed E-state index contributed by atoms with van der Waals surface area (Å²) in [6.07, 6.45) is 2.00. The van der Waals surface area contributed by atoms with Crippen molar-refractivity contribution in [2.24, 2.45) is 5.92 Å². The van der Waals surface area contributed by atoms with Crippen molar-refractivity contribution in [2.45, 2.75) is 32.8 Å². The third-order valence-corrected chi connectivity index (χ3v) is 2.84. The third kappa shape index (κ3) is 5.05. The van der Waals surface area contributed by atoms with E-state index in [0.29, 0.717) is 25.0 Å². The van der Waals surface area contributed by atoms with Crippen LogP contribution < -0.4 is 20.7 Å². The van der Waals surface area contributed by atoms with E-state index in [1.807, 2.05) is 13.8 Å². The average molecular weight is 294 g/mol. The Balaban J connectivity index is 1.84. The Kier molecular flexibility index (Phi) is 5.13. The monoisotopic (exact) mass is 294 g/mol. The second kappa shape index (κ2) is 7.05. The summed E-state index contributed by atoms with van der Waals surface area (Å²) in [5.41, 5.74) is 0. The van der Waals surface area contributed by atoms with Crippen molar-refractivity contribution in [3.8, 4) is 6.01 Å². The molecule has 116 valence electrons. The minimum atomic E-state index is -0.0113. The number of hydrogen-bond acceptors (Lipinski definition) is 7. The lowest BCUT2D eigenvalue weighted by Crippen LogP contribution is -2.30. The van der Waals surface area contributed by atoms with Gasteiger partial charge in [-0.1, -0.05) is 0 Å². The van der Waals surface area contributed by atoms with Crippen molar-refractivity contribution < 1.29 is 9.53 Å². The highest BCUT2D eigenvalue weighted by molar-refractivity contribution is 5.80. The van der Waals surface area contributed by atoms with Gasteiger partial charge in [-0.15, -0.1) is 0 Å². The Labute approximate surface area is 124 Å². The molecule has 1 amide bonds. The van der Waals surface area contributed by atoms with Crippen molar-refractivity contribution in [2.75, 3.05) is 30.8 Å². The summed E-state index contributed by atoms with van der Waals surface area (Å²) < 4.78 is 5.47. The van der Waals surface area contributed by atoms with Crippen LogP contribution in [0.1, 0.15) is 26.7 Å². The van der Waals surface area contributed by atoms with Crippen LogP contribution in [-0.2, 0) is 4.79 Å². The number of ether oxygens (including phenoxy) is 1. The molecule has 21 heavy (non-hydrogen) atoms. The first-order valence-corrected chi connectivity index (χ1v) is 7.20. The summed E-state index contributed by atoms with van der Waals surface area (Å²) in [5.74, 6) is 1.21. The zero-order valence-corrected chi connectivity index (χ0v) is 12.6. The topological polar surface area (TPSA) is 101 Å². The molecule has 0 spiro atoms. The fourth-order valence-electron chi connectivity index (χ4n) is 1.66. The molecule has 1 aromatic rings. The van der Waals surface area contributed by atoms with Gasteiger partial charge in [0.15, 0.2) is 0 Å². The van der Waals surface area contributed by atoms with E-state index in [9.17, 15) is 4.79 Å². The molecule has 2 rings (SSSR count). The van der Waals surface area contributed by atoms with Gasteiger partial charge in [-0.3, -0.25) is 4.79 Å². The van der Waals surface area contributed by atoms with E-state index in [1.165, 1.54) is 0 Å². The summed E-state index contributed by atoms with van der Waals surface area (Å²) >= 11 is 0. The van der Waals surface area contributed by atoms with Crippen LogP contribution in [0.15, 0.2) is 0 Å². The largest absolute Gasteiger partial charge is 0.461 e. The second-order valence-electron chi connectivity index (χ2n) is 5.17. The number of nitrogens with zero attached hydrogens (tertiary/aromatic N) is 3. The lowest BCUT2D eigenvalue weighted by atomic mass is 10.4. The number of nitrogens with one attached hydrogen (secondary N) is 3. The highest BCUT2D eigenvalue weighted by atomic mass is 16.5.